The Morgan fingerprint density at radius 1 is 1.56 bits per heavy atom. The van der Waals surface area contributed by atoms with Crippen molar-refractivity contribution in [3.63, 3.8) is 0 Å². The molecule has 1 aromatic carbocycles. The fourth-order valence-corrected chi connectivity index (χ4v) is 1.82. The van der Waals surface area contributed by atoms with E-state index in [1.165, 1.54) is 0 Å². The molecule has 16 heavy (non-hydrogen) atoms. The molecule has 0 amide bonds. The first kappa shape index (κ1) is 11.4. The first-order valence-electron chi connectivity index (χ1n) is 5.08. The van der Waals surface area contributed by atoms with Gasteiger partial charge < -0.3 is 15.3 Å². The highest BCUT2D eigenvalue weighted by atomic mass is 79.9. The van der Waals surface area contributed by atoms with Crippen molar-refractivity contribution in [3.8, 4) is 5.75 Å². The third-order valence-corrected chi connectivity index (χ3v) is 2.76. The molecule has 0 saturated heterocycles. The van der Waals surface area contributed by atoms with E-state index < -0.39 is 0 Å². The zero-order valence-electron chi connectivity index (χ0n) is 8.73. The van der Waals surface area contributed by atoms with Crippen LogP contribution in [0.15, 0.2) is 33.9 Å². The number of rotatable bonds is 4. The standard InChI is InChI=1S/C11H13BrN2O2/c12-8-2-1-3-10(4-8)15-7-11-5-9(6-13)14-16-11/h1-4,11H,5-7,13H2. The summed E-state index contributed by atoms with van der Waals surface area (Å²) >= 11 is 3.39. The van der Waals surface area contributed by atoms with Crippen LogP contribution in [0.25, 0.3) is 0 Å². The maximum atomic E-state index is 5.59. The Bertz CT molecular complexity index is 395. The van der Waals surface area contributed by atoms with Gasteiger partial charge in [0.2, 0.25) is 0 Å². The number of benzene rings is 1. The molecule has 1 heterocycles. The van der Waals surface area contributed by atoms with Crippen LogP contribution in [0.1, 0.15) is 6.42 Å². The third-order valence-electron chi connectivity index (χ3n) is 2.26. The Labute approximate surface area is 103 Å². The minimum Gasteiger partial charge on any atom is -0.490 e. The van der Waals surface area contributed by atoms with Gasteiger partial charge in [0, 0.05) is 17.4 Å². The number of halogens is 1. The summed E-state index contributed by atoms with van der Waals surface area (Å²) in [5.41, 5.74) is 6.36. The van der Waals surface area contributed by atoms with E-state index in [1.54, 1.807) is 0 Å². The summed E-state index contributed by atoms with van der Waals surface area (Å²) in [6.45, 7) is 0.941. The van der Waals surface area contributed by atoms with Crippen molar-refractivity contribution in [1.29, 1.82) is 0 Å². The summed E-state index contributed by atoms with van der Waals surface area (Å²) < 4.78 is 6.59. The normalized spacial score (nSPS) is 19.1. The fourth-order valence-electron chi connectivity index (χ4n) is 1.44. The molecule has 4 nitrogen and oxygen atoms in total. The van der Waals surface area contributed by atoms with Crippen molar-refractivity contribution < 1.29 is 9.57 Å². The second kappa shape index (κ2) is 5.32. The number of hydrogen-bond acceptors (Lipinski definition) is 4. The van der Waals surface area contributed by atoms with Gasteiger partial charge in [-0.15, -0.1) is 0 Å². The Morgan fingerprint density at radius 2 is 2.44 bits per heavy atom. The first-order valence-corrected chi connectivity index (χ1v) is 5.87. The molecule has 0 spiro atoms. The van der Waals surface area contributed by atoms with Gasteiger partial charge >= 0.3 is 0 Å². The van der Waals surface area contributed by atoms with E-state index in [0.717, 1.165) is 22.4 Å². The van der Waals surface area contributed by atoms with Gasteiger partial charge in [-0.3, -0.25) is 0 Å². The van der Waals surface area contributed by atoms with E-state index in [1.807, 2.05) is 24.3 Å². The molecule has 1 aliphatic rings. The van der Waals surface area contributed by atoms with Crippen LogP contribution in [0, 0.1) is 0 Å². The Hall–Kier alpha value is -1.07. The van der Waals surface area contributed by atoms with Crippen molar-refractivity contribution in [2.45, 2.75) is 12.5 Å². The van der Waals surface area contributed by atoms with Crippen LogP contribution in [0.5, 0.6) is 5.75 Å². The van der Waals surface area contributed by atoms with Crippen LogP contribution in [0.4, 0.5) is 0 Å². The second-order valence-electron chi connectivity index (χ2n) is 3.56. The lowest BCUT2D eigenvalue weighted by atomic mass is 10.2. The predicted octanol–water partition coefficient (Wildman–Crippen LogP) is 1.93. The van der Waals surface area contributed by atoms with Gasteiger partial charge in [-0.05, 0) is 18.2 Å². The van der Waals surface area contributed by atoms with Crippen LogP contribution >= 0.6 is 15.9 Å². The lowest BCUT2D eigenvalue weighted by Gasteiger charge is -2.10. The van der Waals surface area contributed by atoms with E-state index in [4.69, 9.17) is 15.3 Å². The molecule has 2 N–H and O–H groups in total. The largest absolute Gasteiger partial charge is 0.490 e. The van der Waals surface area contributed by atoms with Gasteiger partial charge in [0.05, 0.1) is 5.71 Å². The van der Waals surface area contributed by atoms with E-state index in [9.17, 15) is 0 Å². The number of ether oxygens (including phenoxy) is 1. The quantitative estimate of drug-likeness (QED) is 0.919. The van der Waals surface area contributed by atoms with Crippen LogP contribution in [-0.4, -0.2) is 25.0 Å². The highest BCUT2D eigenvalue weighted by molar-refractivity contribution is 9.10. The van der Waals surface area contributed by atoms with E-state index in [2.05, 4.69) is 21.1 Å². The van der Waals surface area contributed by atoms with Gasteiger partial charge in [0.25, 0.3) is 0 Å². The van der Waals surface area contributed by atoms with Crippen molar-refractivity contribution in [1.82, 2.24) is 0 Å². The van der Waals surface area contributed by atoms with Gasteiger partial charge in [0.15, 0.2) is 6.10 Å². The zero-order chi connectivity index (χ0) is 11.4. The maximum Gasteiger partial charge on any atom is 0.166 e. The molecular weight excluding hydrogens is 272 g/mol. The predicted molar refractivity (Wildman–Crippen MR) is 65.6 cm³/mol. The molecule has 0 radical (unpaired) electrons. The minimum absolute atomic E-state index is 0.0162. The molecule has 1 aliphatic heterocycles. The molecule has 0 fully saturated rings. The lowest BCUT2D eigenvalue weighted by molar-refractivity contribution is 0.0470. The third kappa shape index (κ3) is 2.96. The number of oxime groups is 1. The number of nitrogens with zero attached hydrogens (tertiary/aromatic N) is 1. The van der Waals surface area contributed by atoms with Gasteiger partial charge in [-0.25, -0.2) is 0 Å². The van der Waals surface area contributed by atoms with Crippen LogP contribution < -0.4 is 10.5 Å². The fraction of sp³-hybridized carbons (Fsp3) is 0.364. The van der Waals surface area contributed by atoms with Crippen LogP contribution in [0.2, 0.25) is 0 Å². The average Bonchev–Trinajstić information content (AvgIpc) is 2.74. The molecule has 0 aliphatic carbocycles. The molecule has 2 rings (SSSR count). The van der Waals surface area contributed by atoms with Gasteiger partial charge in [0.1, 0.15) is 12.4 Å². The zero-order valence-corrected chi connectivity index (χ0v) is 10.3. The van der Waals surface area contributed by atoms with Gasteiger partial charge in [-0.1, -0.05) is 27.2 Å². The summed E-state index contributed by atoms with van der Waals surface area (Å²) in [6, 6.07) is 7.70. The molecule has 1 aromatic rings. The van der Waals surface area contributed by atoms with Crippen molar-refractivity contribution in [2.75, 3.05) is 13.2 Å². The lowest BCUT2D eigenvalue weighted by Crippen LogP contribution is -2.20. The van der Waals surface area contributed by atoms with Crippen molar-refractivity contribution >= 4 is 21.6 Å². The molecule has 86 valence electrons. The molecule has 0 aromatic heterocycles. The smallest absolute Gasteiger partial charge is 0.166 e. The SMILES string of the molecule is NCC1=NOC(COc2cccc(Br)c2)C1. The van der Waals surface area contributed by atoms with E-state index in [0.29, 0.717) is 13.2 Å². The summed E-state index contributed by atoms with van der Waals surface area (Å²) in [7, 11) is 0. The van der Waals surface area contributed by atoms with Crippen LogP contribution in [-0.2, 0) is 4.84 Å². The van der Waals surface area contributed by atoms with Crippen LogP contribution in [0.3, 0.4) is 0 Å². The molecule has 0 bridgehead atoms. The molecular formula is C11H13BrN2O2. The average molecular weight is 285 g/mol. The summed E-state index contributed by atoms with van der Waals surface area (Å²) in [5, 5.41) is 3.87. The molecule has 1 atom stereocenters. The summed E-state index contributed by atoms with van der Waals surface area (Å²) in [5.74, 6) is 0.819. The monoisotopic (exact) mass is 284 g/mol. The molecule has 0 saturated carbocycles. The Morgan fingerprint density at radius 3 is 3.12 bits per heavy atom. The highest BCUT2D eigenvalue weighted by Crippen LogP contribution is 2.19. The van der Waals surface area contributed by atoms with Gasteiger partial charge in [-0.2, -0.15) is 0 Å². The summed E-state index contributed by atoms with van der Waals surface area (Å²) in [4.78, 5) is 5.18. The minimum atomic E-state index is -0.0162. The van der Waals surface area contributed by atoms with Crippen molar-refractivity contribution in [2.24, 2.45) is 10.9 Å². The Balaban J connectivity index is 1.81. The Kier molecular flexibility index (Phi) is 3.79. The molecule has 1 unspecified atom stereocenters. The second-order valence-corrected chi connectivity index (χ2v) is 4.48. The maximum absolute atomic E-state index is 5.59. The van der Waals surface area contributed by atoms with E-state index >= 15 is 0 Å². The highest BCUT2D eigenvalue weighted by Gasteiger charge is 2.20. The molecule has 5 heteroatoms. The number of hydrogen-bond donors (Lipinski definition) is 1. The topological polar surface area (TPSA) is 56.8 Å². The number of nitrogens with two attached hydrogens (primary N) is 1. The van der Waals surface area contributed by atoms with E-state index in [-0.39, 0.29) is 6.10 Å². The van der Waals surface area contributed by atoms with Crippen molar-refractivity contribution in [3.05, 3.63) is 28.7 Å². The summed E-state index contributed by atoms with van der Waals surface area (Å²) in [6.07, 6.45) is 0.738. The first-order chi connectivity index (χ1) is 7.78.